The molecule has 32 heavy (non-hydrogen) atoms. The van der Waals surface area contributed by atoms with Gasteiger partial charge in [-0.15, -0.1) is 0 Å². The summed E-state index contributed by atoms with van der Waals surface area (Å²) in [7, 11) is 0. The highest BCUT2D eigenvalue weighted by Gasteiger charge is 2.17. The van der Waals surface area contributed by atoms with Gasteiger partial charge in [-0.05, 0) is 44.7 Å². The van der Waals surface area contributed by atoms with Gasteiger partial charge in [0, 0.05) is 43.6 Å². The van der Waals surface area contributed by atoms with Crippen molar-refractivity contribution in [3.8, 4) is 5.75 Å². The molecule has 1 aromatic carbocycles. The number of hydrogen-bond donors (Lipinski definition) is 3. The molecule has 3 N–H and O–H groups in total. The van der Waals surface area contributed by atoms with Gasteiger partial charge >= 0.3 is 0 Å². The van der Waals surface area contributed by atoms with Crippen molar-refractivity contribution >= 4 is 11.9 Å². The lowest BCUT2D eigenvalue weighted by Gasteiger charge is -2.22. The number of rotatable bonds is 10. The van der Waals surface area contributed by atoms with Crippen LogP contribution in [0.5, 0.6) is 5.75 Å². The van der Waals surface area contributed by atoms with Crippen molar-refractivity contribution in [2.75, 3.05) is 32.9 Å². The fourth-order valence-corrected chi connectivity index (χ4v) is 4.20. The van der Waals surface area contributed by atoms with Crippen LogP contribution in [0.1, 0.15) is 63.0 Å². The average Bonchev–Trinajstić information content (AvgIpc) is 3.31. The van der Waals surface area contributed by atoms with Crippen LogP contribution in [0.15, 0.2) is 23.2 Å². The highest BCUT2D eigenvalue weighted by molar-refractivity contribution is 5.81. The minimum absolute atomic E-state index is 0.116. The summed E-state index contributed by atoms with van der Waals surface area (Å²) in [6, 6.07) is 6.61. The van der Waals surface area contributed by atoms with E-state index in [-0.39, 0.29) is 5.91 Å². The third kappa shape index (κ3) is 8.34. The Morgan fingerprint density at radius 2 is 2.03 bits per heavy atom. The van der Waals surface area contributed by atoms with E-state index in [2.05, 4.69) is 41.1 Å². The van der Waals surface area contributed by atoms with E-state index in [1.54, 1.807) is 0 Å². The first kappa shape index (κ1) is 24.4. The number of nitrogens with zero attached hydrogens (tertiary/aromatic N) is 1. The summed E-state index contributed by atoms with van der Waals surface area (Å²) in [5, 5.41) is 9.72. The third-order valence-corrected chi connectivity index (χ3v) is 6.09. The quantitative estimate of drug-likeness (QED) is 0.381. The first-order valence-electron chi connectivity index (χ1n) is 12.3. The van der Waals surface area contributed by atoms with Crippen molar-refractivity contribution in [3.05, 3.63) is 29.3 Å². The molecule has 1 aliphatic heterocycles. The van der Waals surface area contributed by atoms with Gasteiger partial charge in [-0.2, -0.15) is 0 Å². The molecule has 0 spiro atoms. The number of benzene rings is 1. The number of ether oxygens (including phenoxy) is 2. The van der Waals surface area contributed by atoms with E-state index in [1.807, 2.05) is 6.92 Å². The minimum Gasteiger partial charge on any atom is -0.493 e. The lowest BCUT2D eigenvalue weighted by molar-refractivity contribution is -0.121. The Morgan fingerprint density at radius 3 is 2.78 bits per heavy atom. The first-order valence-corrected chi connectivity index (χ1v) is 12.3. The van der Waals surface area contributed by atoms with Gasteiger partial charge in [0.2, 0.25) is 5.91 Å². The topological polar surface area (TPSA) is 84.0 Å². The summed E-state index contributed by atoms with van der Waals surface area (Å²) < 4.78 is 11.6. The van der Waals surface area contributed by atoms with Crippen molar-refractivity contribution < 1.29 is 14.3 Å². The van der Waals surface area contributed by atoms with Crippen molar-refractivity contribution in [1.82, 2.24) is 16.0 Å². The van der Waals surface area contributed by atoms with Gasteiger partial charge in [-0.1, -0.05) is 31.4 Å². The normalized spacial score (nSPS) is 19.6. The Kier molecular flexibility index (Phi) is 10.1. The van der Waals surface area contributed by atoms with E-state index in [9.17, 15) is 4.79 Å². The van der Waals surface area contributed by atoms with E-state index in [0.29, 0.717) is 44.0 Å². The average molecular weight is 445 g/mol. The number of amides is 1. The lowest BCUT2D eigenvalue weighted by Crippen LogP contribution is -2.41. The van der Waals surface area contributed by atoms with E-state index in [4.69, 9.17) is 14.5 Å². The molecule has 3 rings (SSSR count). The maximum absolute atomic E-state index is 12.3. The van der Waals surface area contributed by atoms with E-state index in [1.165, 1.54) is 24.8 Å². The van der Waals surface area contributed by atoms with Crippen LogP contribution in [0.4, 0.5) is 0 Å². The van der Waals surface area contributed by atoms with Gasteiger partial charge in [0.05, 0.1) is 19.8 Å². The molecule has 1 saturated carbocycles. The fraction of sp³-hybridized carbons (Fsp3) is 0.680. The largest absolute Gasteiger partial charge is 0.493 e. The Morgan fingerprint density at radius 1 is 1.19 bits per heavy atom. The summed E-state index contributed by atoms with van der Waals surface area (Å²) in [6.45, 7) is 8.23. The lowest BCUT2D eigenvalue weighted by atomic mass is 9.95. The highest BCUT2D eigenvalue weighted by Crippen LogP contribution is 2.23. The smallest absolute Gasteiger partial charge is 0.221 e. The zero-order valence-corrected chi connectivity index (χ0v) is 19.8. The number of nitrogens with one attached hydrogen (secondary N) is 3. The molecule has 1 aliphatic carbocycles. The first-order chi connectivity index (χ1) is 15.6. The predicted molar refractivity (Wildman–Crippen MR) is 128 cm³/mol. The molecule has 0 bridgehead atoms. The molecular formula is C25H40N4O3. The minimum atomic E-state index is 0.116. The number of hydrogen-bond acceptors (Lipinski definition) is 4. The summed E-state index contributed by atoms with van der Waals surface area (Å²) >= 11 is 0. The van der Waals surface area contributed by atoms with Crippen LogP contribution < -0.4 is 20.7 Å². The van der Waals surface area contributed by atoms with Crippen molar-refractivity contribution in [2.45, 2.75) is 71.4 Å². The third-order valence-electron chi connectivity index (χ3n) is 6.09. The van der Waals surface area contributed by atoms with Crippen LogP contribution in [-0.4, -0.2) is 50.8 Å². The summed E-state index contributed by atoms with van der Waals surface area (Å²) in [5.41, 5.74) is 2.23. The molecule has 1 saturated heterocycles. The molecule has 1 amide bonds. The number of aliphatic imine (C=N–C) groups is 1. The molecule has 1 atom stereocenters. The summed E-state index contributed by atoms with van der Waals surface area (Å²) in [5.74, 6) is 2.19. The highest BCUT2D eigenvalue weighted by atomic mass is 16.5. The monoisotopic (exact) mass is 444 g/mol. The van der Waals surface area contributed by atoms with Crippen LogP contribution >= 0.6 is 0 Å². The van der Waals surface area contributed by atoms with Crippen LogP contribution in [0.3, 0.4) is 0 Å². The molecule has 7 heteroatoms. The maximum Gasteiger partial charge on any atom is 0.221 e. The number of aryl methyl sites for hydroxylation is 1. The number of carbonyl (C=O) groups is 1. The SMILES string of the molecule is CCNC(=NCc1ccc(C)cc1OCC1CCOC1)NCCC(=O)NC1CCCCC1. The van der Waals surface area contributed by atoms with E-state index in [0.717, 1.165) is 50.3 Å². The van der Waals surface area contributed by atoms with Crippen LogP contribution in [-0.2, 0) is 16.1 Å². The zero-order chi connectivity index (χ0) is 22.6. The second-order valence-electron chi connectivity index (χ2n) is 8.93. The Balaban J connectivity index is 1.49. The van der Waals surface area contributed by atoms with Crippen molar-refractivity contribution in [2.24, 2.45) is 10.9 Å². The van der Waals surface area contributed by atoms with Crippen molar-refractivity contribution in [1.29, 1.82) is 0 Å². The molecule has 0 radical (unpaired) electrons. The second kappa shape index (κ2) is 13.3. The summed E-state index contributed by atoms with van der Waals surface area (Å²) in [4.78, 5) is 17.0. The second-order valence-corrected chi connectivity index (χ2v) is 8.93. The van der Waals surface area contributed by atoms with Gasteiger partial charge in [-0.3, -0.25) is 4.79 Å². The number of carbonyl (C=O) groups excluding carboxylic acids is 1. The van der Waals surface area contributed by atoms with Crippen LogP contribution in [0.25, 0.3) is 0 Å². The van der Waals surface area contributed by atoms with Gasteiger partial charge < -0.3 is 25.4 Å². The molecule has 2 fully saturated rings. The van der Waals surface area contributed by atoms with E-state index >= 15 is 0 Å². The standard InChI is InChI=1S/C25H40N4O3/c1-3-26-25(27-13-11-24(30)29-22-7-5-4-6-8-22)28-16-21-10-9-19(2)15-23(21)32-18-20-12-14-31-17-20/h9-10,15,20,22H,3-8,11-14,16-18H2,1-2H3,(H,29,30)(H2,26,27,28). The molecule has 1 unspecified atom stereocenters. The Bertz CT molecular complexity index is 741. The van der Waals surface area contributed by atoms with Gasteiger partial charge in [0.25, 0.3) is 0 Å². The molecule has 2 aliphatic rings. The molecule has 0 aromatic heterocycles. The molecule has 178 valence electrons. The Hall–Kier alpha value is -2.28. The summed E-state index contributed by atoms with van der Waals surface area (Å²) in [6.07, 6.45) is 7.46. The maximum atomic E-state index is 12.3. The fourth-order valence-electron chi connectivity index (χ4n) is 4.20. The molecule has 1 aromatic rings. The molecule has 1 heterocycles. The van der Waals surface area contributed by atoms with Crippen LogP contribution in [0.2, 0.25) is 0 Å². The van der Waals surface area contributed by atoms with Gasteiger partial charge in [0.15, 0.2) is 5.96 Å². The van der Waals surface area contributed by atoms with Gasteiger partial charge in [0.1, 0.15) is 5.75 Å². The molecular weight excluding hydrogens is 404 g/mol. The van der Waals surface area contributed by atoms with Gasteiger partial charge in [-0.25, -0.2) is 4.99 Å². The molecule has 7 nitrogen and oxygen atoms in total. The number of guanidine groups is 1. The van der Waals surface area contributed by atoms with Crippen LogP contribution in [0, 0.1) is 12.8 Å². The zero-order valence-electron chi connectivity index (χ0n) is 19.8. The Labute approximate surface area is 192 Å². The van der Waals surface area contributed by atoms with E-state index < -0.39 is 0 Å². The van der Waals surface area contributed by atoms with Crippen molar-refractivity contribution in [3.63, 3.8) is 0 Å². The predicted octanol–water partition coefficient (Wildman–Crippen LogP) is 3.30.